The molecular formula is C9H16ClNO2S. The van der Waals surface area contributed by atoms with Crippen molar-refractivity contribution in [3.63, 3.8) is 0 Å². The van der Waals surface area contributed by atoms with Gasteiger partial charge in [-0.25, -0.2) is 13.1 Å². The van der Waals surface area contributed by atoms with E-state index in [2.05, 4.69) is 4.72 Å². The Morgan fingerprint density at radius 3 is 2.36 bits per heavy atom. The first kappa shape index (κ1) is 10.7. The molecule has 0 bridgehead atoms. The average molecular weight is 238 g/mol. The van der Waals surface area contributed by atoms with E-state index in [4.69, 9.17) is 11.6 Å². The lowest BCUT2D eigenvalue weighted by atomic mass is 9.79. The Kier molecular flexibility index (Phi) is 2.79. The van der Waals surface area contributed by atoms with Gasteiger partial charge in [0.2, 0.25) is 10.0 Å². The van der Waals surface area contributed by atoms with Crippen LogP contribution in [0.25, 0.3) is 0 Å². The number of hydrogen-bond donors (Lipinski definition) is 1. The highest BCUT2D eigenvalue weighted by Gasteiger charge is 2.40. The molecule has 0 spiro atoms. The molecule has 0 aromatic carbocycles. The Balaban J connectivity index is 1.93. The van der Waals surface area contributed by atoms with E-state index in [0.717, 1.165) is 32.1 Å². The first-order valence-electron chi connectivity index (χ1n) is 5.13. The van der Waals surface area contributed by atoms with Crippen LogP contribution in [0.4, 0.5) is 0 Å². The summed E-state index contributed by atoms with van der Waals surface area (Å²) in [5.74, 6) is 1.10. The van der Waals surface area contributed by atoms with Crippen molar-refractivity contribution < 1.29 is 8.42 Å². The van der Waals surface area contributed by atoms with Crippen molar-refractivity contribution in [1.82, 2.24) is 4.72 Å². The van der Waals surface area contributed by atoms with Crippen LogP contribution in [0.2, 0.25) is 0 Å². The normalized spacial score (nSPS) is 25.8. The standard InChI is InChI=1S/C9H16ClNO2S/c10-7-9(4-1-5-9)11-14(12,13)6-8-2-3-8/h8,11H,1-7H2. The van der Waals surface area contributed by atoms with E-state index in [1.165, 1.54) is 0 Å². The molecule has 2 saturated carbocycles. The van der Waals surface area contributed by atoms with Crippen LogP contribution < -0.4 is 4.72 Å². The first-order valence-corrected chi connectivity index (χ1v) is 7.32. The van der Waals surface area contributed by atoms with Crippen molar-refractivity contribution in [3.05, 3.63) is 0 Å². The Hall–Kier alpha value is 0.200. The van der Waals surface area contributed by atoms with Crippen molar-refractivity contribution in [1.29, 1.82) is 0 Å². The number of sulfonamides is 1. The number of nitrogens with one attached hydrogen (secondary N) is 1. The molecule has 5 heteroatoms. The maximum atomic E-state index is 11.7. The zero-order valence-electron chi connectivity index (χ0n) is 8.13. The van der Waals surface area contributed by atoms with Gasteiger partial charge in [0.25, 0.3) is 0 Å². The maximum absolute atomic E-state index is 11.7. The molecule has 2 aliphatic rings. The van der Waals surface area contributed by atoms with E-state index in [9.17, 15) is 8.42 Å². The zero-order valence-corrected chi connectivity index (χ0v) is 9.70. The van der Waals surface area contributed by atoms with E-state index in [1.807, 2.05) is 0 Å². The third kappa shape index (κ3) is 2.41. The van der Waals surface area contributed by atoms with Gasteiger partial charge in [-0.1, -0.05) is 0 Å². The van der Waals surface area contributed by atoms with Crippen LogP contribution in [-0.2, 0) is 10.0 Å². The predicted molar refractivity (Wildman–Crippen MR) is 56.9 cm³/mol. The van der Waals surface area contributed by atoms with Crippen LogP contribution in [0.3, 0.4) is 0 Å². The lowest BCUT2D eigenvalue weighted by Gasteiger charge is -2.40. The van der Waals surface area contributed by atoms with E-state index in [0.29, 0.717) is 17.6 Å². The van der Waals surface area contributed by atoms with Crippen LogP contribution in [0, 0.1) is 5.92 Å². The quantitative estimate of drug-likeness (QED) is 0.737. The van der Waals surface area contributed by atoms with Gasteiger partial charge in [0.15, 0.2) is 0 Å². The van der Waals surface area contributed by atoms with E-state index >= 15 is 0 Å². The second kappa shape index (κ2) is 3.65. The molecule has 0 heterocycles. The highest BCUT2D eigenvalue weighted by atomic mass is 35.5. The van der Waals surface area contributed by atoms with Crippen molar-refractivity contribution in [2.24, 2.45) is 5.92 Å². The van der Waals surface area contributed by atoms with Crippen LogP contribution >= 0.6 is 11.6 Å². The van der Waals surface area contributed by atoms with Gasteiger partial charge < -0.3 is 0 Å². The number of alkyl halides is 1. The summed E-state index contributed by atoms with van der Waals surface area (Å²) in [6.45, 7) is 0. The Labute approximate surface area is 90.3 Å². The summed E-state index contributed by atoms with van der Waals surface area (Å²) in [5.41, 5.74) is -0.310. The molecule has 1 N–H and O–H groups in total. The fourth-order valence-electron chi connectivity index (χ4n) is 1.83. The molecule has 0 radical (unpaired) electrons. The van der Waals surface area contributed by atoms with Gasteiger partial charge in [0, 0.05) is 11.4 Å². The second-order valence-electron chi connectivity index (χ2n) is 4.59. The monoisotopic (exact) mass is 237 g/mol. The van der Waals surface area contributed by atoms with Crippen molar-refractivity contribution in [2.75, 3.05) is 11.6 Å². The van der Waals surface area contributed by atoms with Gasteiger partial charge >= 0.3 is 0 Å². The average Bonchev–Trinajstić information content (AvgIpc) is 2.80. The summed E-state index contributed by atoms with van der Waals surface area (Å²) in [4.78, 5) is 0. The van der Waals surface area contributed by atoms with Crippen molar-refractivity contribution in [3.8, 4) is 0 Å². The number of rotatable bonds is 5. The lowest BCUT2D eigenvalue weighted by Crippen LogP contribution is -2.55. The van der Waals surface area contributed by atoms with Gasteiger partial charge in [-0.15, -0.1) is 11.6 Å². The third-order valence-electron chi connectivity index (χ3n) is 3.09. The second-order valence-corrected chi connectivity index (χ2v) is 6.63. The van der Waals surface area contributed by atoms with Gasteiger partial charge in [0.1, 0.15) is 0 Å². The minimum absolute atomic E-state index is 0.297. The van der Waals surface area contributed by atoms with Gasteiger partial charge in [-0.05, 0) is 38.0 Å². The topological polar surface area (TPSA) is 46.2 Å². The molecule has 0 aliphatic heterocycles. The minimum atomic E-state index is -3.08. The number of halogens is 1. The lowest BCUT2D eigenvalue weighted by molar-refractivity contribution is 0.252. The van der Waals surface area contributed by atoms with Gasteiger partial charge in [-0.3, -0.25) is 0 Å². The minimum Gasteiger partial charge on any atom is -0.212 e. The molecule has 0 saturated heterocycles. The summed E-state index contributed by atoms with van der Waals surface area (Å²) in [5, 5.41) is 0. The molecule has 0 atom stereocenters. The Bertz CT molecular complexity index is 301. The molecule has 14 heavy (non-hydrogen) atoms. The summed E-state index contributed by atoms with van der Waals surface area (Å²) >= 11 is 5.79. The fraction of sp³-hybridized carbons (Fsp3) is 1.00. The smallest absolute Gasteiger partial charge is 0.212 e. The van der Waals surface area contributed by atoms with E-state index in [-0.39, 0.29) is 5.54 Å². The van der Waals surface area contributed by atoms with Crippen LogP contribution in [0.15, 0.2) is 0 Å². The molecule has 3 nitrogen and oxygen atoms in total. The molecule has 2 aliphatic carbocycles. The molecule has 0 unspecified atom stereocenters. The summed E-state index contributed by atoms with van der Waals surface area (Å²) < 4.78 is 26.1. The zero-order chi connectivity index (χ0) is 10.2. The largest absolute Gasteiger partial charge is 0.212 e. The Morgan fingerprint density at radius 2 is 2.00 bits per heavy atom. The van der Waals surface area contributed by atoms with Crippen LogP contribution in [0.5, 0.6) is 0 Å². The summed E-state index contributed by atoms with van der Waals surface area (Å²) in [6.07, 6.45) is 4.99. The van der Waals surface area contributed by atoms with E-state index < -0.39 is 10.0 Å². The maximum Gasteiger partial charge on any atom is 0.212 e. The predicted octanol–water partition coefficient (Wildman–Crippen LogP) is 1.48. The Morgan fingerprint density at radius 1 is 1.36 bits per heavy atom. The molecule has 0 amide bonds. The van der Waals surface area contributed by atoms with E-state index in [1.54, 1.807) is 0 Å². The van der Waals surface area contributed by atoms with Crippen molar-refractivity contribution >= 4 is 21.6 Å². The highest BCUT2D eigenvalue weighted by molar-refractivity contribution is 7.89. The first-order chi connectivity index (χ1) is 6.55. The van der Waals surface area contributed by atoms with Crippen LogP contribution in [-0.4, -0.2) is 25.6 Å². The van der Waals surface area contributed by atoms with Gasteiger partial charge in [-0.2, -0.15) is 0 Å². The molecule has 2 rings (SSSR count). The SMILES string of the molecule is O=S(=O)(CC1CC1)NC1(CCl)CCC1. The molecule has 82 valence electrons. The van der Waals surface area contributed by atoms with Crippen molar-refractivity contribution in [2.45, 2.75) is 37.6 Å². The summed E-state index contributed by atoms with van der Waals surface area (Å²) in [7, 11) is -3.08. The van der Waals surface area contributed by atoms with Gasteiger partial charge in [0.05, 0.1) is 5.75 Å². The molecule has 0 aromatic heterocycles. The number of hydrogen-bond acceptors (Lipinski definition) is 2. The fourth-order valence-corrected chi connectivity index (χ4v) is 4.22. The highest BCUT2D eigenvalue weighted by Crippen LogP contribution is 2.35. The van der Waals surface area contributed by atoms with Crippen LogP contribution in [0.1, 0.15) is 32.1 Å². The summed E-state index contributed by atoms with van der Waals surface area (Å²) in [6, 6.07) is 0. The molecule has 2 fully saturated rings. The third-order valence-corrected chi connectivity index (χ3v) is 5.26. The molecule has 0 aromatic rings. The molecular weight excluding hydrogens is 222 g/mol.